The Morgan fingerprint density at radius 2 is 1.92 bits per heavy atom. The summed E-state index contributed by atoms with van der Waals surface area (Å²) >= 11 is 0. The molecule has 0 saturated carbocycles. The first-order chi connectivity index (χ1) is 5.48. The van der Waals surface area contributed by atoms with Crippen molar-refractivity contribution in [2.75, 3.05) is 13.7 Å². The monoisotopic (exact) mass is 441 g/mol. The van der Waals surface area contributed by atoms with Gasteiger partial charge in [-0.15, -0.1) is 0 Å². The molecular weight excluding hydrogens is 423 g/mol. The van der Waals surface area contributed by atoms with Crippen molar-refractivity contribution in [3.63, 3.8) is 0 Å². The van der Waals surface area contributed by atoms with Crippen molar-refractivity contribution >= 4 is 8.32 Å². The molecule has 0 aromatic carbocycles. The Balaban J connectivity index is 0. The molecule has 13 heavy (non-hydrogen) atoms. The van der Waals surface area contributed by atoms with E-state index < -0.39 is 14.6 Å². The van der Waals surface area contributed by atoms with Gasteiger partial charge in [-0.05, 0) is 32.5 Å². The van der Waals surface area contributed by atoms with Crippen molar-refractivity contribution in [2.45, 2.75) is 38.8 Å². The van der Waals surface area contributed by atoms with Crippen LogP contribution in [-0.2, 0) is 9.16 Å². The molecule has 0 aliphatic heterocycles. The van der Waals surface area contributed by atoms with Crippen LogP contribution in [0.3, 0.4) is 0 Å². The van der Waals surface area contributed by atoms with Gasteiger partial charge in [0.1, 0.15) is 0 Å². The van der Waals surface area contributed by atoms with Crippen LogP contribution in [0, 0.1) is 0 Å². The first-order valence-electron chi connectivity index (χ1n) is 4.33. The molecule has 0 aliphatic carbocycles. The van der Waals surface area contributed by atoms with E-state index in [1.807, 2.05) is 0 Å². The van der Waals surface area contributed by atoms with Gasteiger partial charge in [-0.3, -0.25) is 0 Å². The van der Waals surface area contributed by atoms with E-state index in [0.29, 0.717) is 6.61 Å². The van der Waals surface area contributed by atoms with Gasteiger partial charge >= 0.3 is 0 Å². The topological polar surface area (TPSA) is 38.7 Å². The molecule has 0 rings (SSSR count). The second kappa shape index (κ2) is 6.60. The molecule has 0 spiro atoms. The number of aliphatic hydroxyl groups excluding tert-OH is 1. The van der Waals surface area contributed by atoms with Gasteiger partial charge < -0.3 is 14.3 Å². The largest absolute Gasteiger partial charge is 0.420 e. The van der Waals surface area contributed by atoms with E-state index in [2.05, 4.69) is 13.1 Å². The van der Waals surface area contributed by atoms with Gasteiger partial charge in [0.15, 0.2) is 14.6 Å². The van der Waals surface area contributed by atoms with E-state index in [1.165, 1.54) is 0 Å². The molecule has 0 aliphatic rings. The van der Waals surface area contributed by atoms with Crippen LogP contribution >= 0.6 is 0 Å². The zero-order chi connectivity index (χ0) is 9.61. The second-order valence-corrected chi connectivity index (χ2v) is 7.97. The molecule has 1 unspecified atom stereocenters. The van der Waals surface area contributed by atoms with Crippen LogP contribution in [0.2, 0.25) is 19.1 Å². The van der Waals surface area contributed by atoms with Crippen LogP contribution in [0.1, 0.15) is 13.3 Å². The fraction of sp³-hybridized carbons (Fsp3) is 1.00. The average Bonchev–Trinajstić information content (AvgIpc) is 1.98. The van der Waals surface area contributed by atoms with Crippen molar-refractivity contribution < 1.29 is 14.3 Å². The van der Waals surface area contributed by atoms with Crippen molar-refractivity contribution in [2.24, 2.45) is 0 Å². The summed E-state index contributed by atoms with van der Waals surface area (Å²) in [6, 6.07) is 1.08. The molecule has 1 atom stereocenters. The zero-order valence-corrected chi connectivity index (χ0v) is 12.4. The number of hydrogen-bond donors (Lipinski definition) is 1. The maximum absolute atomic E-state index is 8.80. The third kappa shape index (κ3) is 9.01. The Morgan fingerprint density at radius 1 is 1.38 bits per heavy atom. The minimum absolute atomic E-state index is 0. The summed E-state index contributed by atoms with van der Waals surface area (Å²) in [4.78, 5) is 0. The summed E-state index contributed by atoms with van der Waals surface area (Å²) in [6.45, 7) is 6.60. The minimum Gasteiger partial charge on any atom is -0.420 e. The van der Waals surface area contributed by atoms with Crippen LogP contribution in [0.25, 0.3) is 0 Å². The van der Waals surface area contributed by atoms with E-state index >= 15 is 0 Å². The summed E-state index contributed by atoms with van der Waals surface area (Å²) in [5.41, 5.74) is 0. The maximum atomic E-state index is 8.80. The molecule has 0 aromatic heterocycles. The quantitative estimate of drug-likeness (QED) is 0.385. The van der Waals surface area contributed by atoms with E-state index in [-0.39, 0.29) is 0 Å². The number of hydrogen-bond acceptors (Lipinski definition) is 3. The maximum Gasteiger partial charge on any atom is 0.186 e. The fourth-order valence-electron chi connectivity index (χ4n) is 0.854. The van der Waals surface area contributed by atoms with Gasteiger partial charge in [-0.2, -0.15) is 0 Å². The predicted octanol–water partition coefficient (Wildman–Crippen LogP) is 1.58. The molecule has 84 valence electrons. The Labute approximate surface area is 75.8 Å². The van der Waals surface area contributed by atoms with Gasteiger partial charge in [0.2, 0.25) is 0 Å². The normalized spacial score (nSPS) is 13.6. The Kier molecular flexibility index (Phi) is 7.41. The smallest absolute Gasteiger partial charge is 0.186 e. The van der Waals surface area contributed by atoms with Gasteiger partial charge in [-0.1, -0.05) is 0 Å². The van der Waals surface area contributed by atoms with E-state index in [9.17, 15) is 0 Å². The van der Waals surface area contributed by atoms with Gasteiger partial charge in [0.05, 0.1) is 0 Å². The van der Waals surface area contributed by atoms with E-state index in [4.69, 9.17) is 14.3 Å². The van der Waals surface area contributed by atoms with Crippen LogP contribution in [0.4, 0.5) is 0 Å². The molecule has 5 heteroatoms. The van der Waals surface area contributed by atoms with Crippen LogP contribution in [-0.4, -0.2) is 33.4 Å². The van der Waals surface area contributed by atoms with Crippen molar-refractivity contribution in [3.8, 4) is 0 Å². The first-order valence-corrected chi connectivity index (χ1v) is 7.44. The van der Waals surface area contributed by atoms with Gasteiger partial charge in [0.25, 0.3) is 0 Å². The first kappa shape index (κ1) is 14.6. The summed E-state index contributed by atoms with van der Waals surface area (Å²) in [7, 11) is 0.355. The number of ether oxygens (including phenoxy) is 1. The van der Waals surface area contributed by atoms with Gasteiger partial charge in [-0.25, -0.2) is 0 Å². The summed E-state index contributed by atoms with van der Waals surface area (Å²) in [6.07, 6.45) is 0.329. The molecule has 0 amide bonds. The SMILES string of the molecule is CO[Si](C)(C)CCCOC(C)O.[Cf]. The molecular formula is C8H20CfO3Si. The molecule has 0 bridgehead atoms. The Bertz CT molecular complexity index is 120. The van der Waals surface area contributed by atoms with Crippen molar-refractivity contribution in [3.05, 3.63) is 0 Å². The summed E-state index contributed by atoms with van der Waals surface area (Å²) < 4.78 is 10.4. The molecule has 0 saturated heterocycles. The van der Waals surface area contributed by atoms with Gasteiger partial charge in [0, 0.05) is 13.7 Å². The van der Waals surface area contributed by atoms with Crippen molar-refractivity contribution in [1.29, 1.82) is 0 Å². The minimum atomic E-state index is -1.41. The molecule has 1 N–H and O–H groups in total. The number of aliphatic hydroxyl groups is 1. The van der Waals surface area contributed by atoms with Crippen molar-refractivity contribution in [1.82, 2.24) is 0 Å². The Morgan fingerprint density at radius 3 is 2.31 bits per heavy atom. The zero-order valence-electron chi connectivity index (χ0n) is 8.78. The molecule has 0 radical (unpaired) electrons. The van der Waals surface area contributed by atoms with Crippen LogP contribution < -0.4 is 0 Å². The average molecular weight is 443 g/mol. The Hall–Kier alpha value is -0.903. The number of rotatable bonds is 6. The predicted molar refractivity (Wildman–Crippen MR) is 51.5 cm³/mol. The molecule has 0 fully saturated rings. The third-order valence-electron chi connectivity index (χ3n) is 1.83. The third-order valence-corrected chi connectivity index (χ3v) is 4.50. The summed E-state index contributed by atoms with van der Waals surface area (Å²) in [5.74, 6) is 0. The molecule has 0 aromatic rings. The second-order valence-electron chi connectivity index (χ2n) is 3.54. The van der Waals surface area contributed by atoms with Crippen LogP contribution in [0.5, 0.6) is 0 Å². The van der Waals surface area contributed by atoms with E-state index in [0.717, 1.165) is 12.5 Å². The molecule has 3 nitrogen and oxygen atoms in total. The molecule has 0 heterocycles. The fourth-order valence-corrected chi connectivity index (χ4v) is 2.05. The van der Waals surface area contributed by atoms with Crippen LogP contribution in [0.15, 0.2) is 0 Å². The standard InChI is InChI=1S/C8H20O3Si.Cf/c1-8(9)11-6-5-7-12(3,4)10-2;/h8-9H,5-7H2,1-4H3;. The summed E-state index contributed by atoms with van der Waals surface area (Å²) in [5, 5.41) is 8.80. The van der Waals surface area contributed by atoms with E-state index in [1.54, 1.807) is 14.0 Å².